The van der Waals surface area contributed by atoms with Gasteiger partial charge < -0.3 is 10.1 Å². The Kier molecular flexibility index (Phi) is 5.33. The highest BCUT2D eigenvalue weighted by molar-refractivity contribution is 8.00. The number of nitrogens with zero attached hydrogens (tertiary/aromatic N) is 1. The second-order valence-electron chi connectivity index (χ2n) is 5.34. The van der Waals surface area contributed by atoms with E-state index in [1.165, 1.54) is 25.7 Å². The predicted molar refractivity (Wildman–Crippen MR) is 84.1 cm³/mol. The van der Waals surface area contributed by atoms with E-state index in [1.807, 2.05) is 30.0 Å². The van der Waals surface area contributed by atoms with Crippen LogP contribution in [0.15, 0.2) is 18.2 Å². The molecule has 1 saturated carbocycles. The van der Waals surface area contributed by atoms with Crippen LogP contribution in [0, 0.1) is 11.3 Å². The smallest absolute Gasteiger partial charge is 0.136 e. The van der Waals surface area contributed by atoms with Crippen LogP contribution in [0.1, 0.15) is 36.8 Å². The number of methoxy groups -OCH3 is 1. The highest BCUT2D eigenvalue weighted by atomic mass is 32.2. The summed E-state index contributed by atoms with van der Waals surface area (Å²) in [4.78, 5) is 0. The van der Waals surface area contributed by atoms with Crippen LogP contribution in [-0.2, 0) is 6.54 Å². The third-order valence-corrected chi connectivity index (χ3v) is 5.53. The first-order valence-corrected chi connectivity index (χ1v) is 8.28. The molecule has 108 valence electrons. The quantitative estimate of drug-likeness (QED) is 0.873. The van der Waals surface area contributed by atoms with E-state index in [2.05, 4.69) is 17.6 Å². The fourth-order valence-electron chi connectivity index (χ4n) is 2.86. The molecule has 1 aromatic carbocycles. The van der Waals surface area contributed by atoms with Crippen molar-refractivity contribution in [2.24, 2.45) is 0 Å². The molecule has 0 aromatic heterocycles. The van der Waals surface area contributed by atoms with E-state index in [4.69, 9.17) is 10.00 Å². The lowest BCUT2D eigenvalue weighted by Crippen LogP contribution is -2.34. The van der Waals surface area contributed by atoms with Crippen LogP contribution in [0.3, 0.4) is 0 Å². The average Bonchev–Trinajstić information content (AvgIpc) is 2.96. The van der Waals surface area contributed by atoms with Gasteiger partial charge in [0.1, 0.15) is 11.8 Å². The predicted octanol–water partition coefficient (Wildman–Crippen LogP) is 3.33. The van der Waals surface area contributed by atoms with E-state index in [1.54, 1.807) is 7.11 Å². The van der Waals surface area contributed by atoms with Gasteiger partial charge in [-0.15, -0.1) is 0 Å². The van der Waals surface area contributed by atoms with Gasteiger partial charge in [-0.1, -0.05) is 18.9 Å². The third kappa shape index (κ3) is 3.47. The van der Waals surface area contributed by atoms with Crippen LogP contribution in [0.25, 0.3) is 0 Å². The highest BCUT2D eigenvalue weighted by Crippen LogP contribution is 2.39. The normalized spacial score (nSPS) is 16.9. The lowest BCUT2D eigenvalue weighted by atomic mass is 10.1. The Bertz CT molecular complexity index is 490. The van der Waals surface area contributed by atoms with Crippen molar-refractivity contribution in [1.82, 2.24) is 5.32 Å². The largest absolute Gasteiger partial charge is 0.495 e. The van der Waals surface area contributed by atoms with Crippen LogP contribution in [-0.4, -0.2) is 24.7 Å². The molecule has 1 N–H and O–H groups in total. The molecule has 0 spiro atoms. The van der Waals surface area contributed by atoms with Crippen LogP contribution in [0.5, 0.6) is 5.75 Å². The van der Waals surface area contributed by atoms with E-state index in [0.717, 1.165) is 18.7 Å². The summed E-state index contributed by atoms with van der Waals surface area (Å²) in [7, 11) is 1.59. The van der Waals surface area contributed by atoms with Crippen molar-refractivity contribution in [2.45, 2.75) is 37.0 Å². The molecule has 1 aromatic rings. The van der Waals surface area contributed by atoms with E-state index in [9.17, 15) is 0 Å². The number of hydrogen-bond acceptors (Lipinski definition) is 4. The van der Waals surface area contributed by atoms with Gasteiger partial charge in [0.2, 0.25) is 0 Å². The van der Waals surface area contributed by atoms with Crippen molar-refractivity contribution in [3.05, 3.63) is 29.3 Å². The van der Waals surface area contributed by atoms with Crippen molar-refractivity contribution < 1.29 is 4.74 Å². The fourth-order valence-corrected chi connectivity index (χ4v) is 3.80. The summed E-state index contributed by atoms with van der Waals surface area (Å²) in [5.74, 6) is 0.646. The Hall–Kier alpha value is -1.18. The molecule has 0 radical (unpaired) electrons. The molecule has 2 rings (SSSR count). The summed E-state index contributed by atoms with van der Waals surface area (Å²) >= 11 is 1.99. The van der Waals surface area contributed by atoms with Crippen LogP contribution < -0.4 is 10.1 Å². The number of nitrogens with one attached hydrogen (secondary N) is 1. The maximum absolute atomic E-state index is 9.10. The summed E-state index contributed by atoms with van der Waals surface area (Å²) in [6, 6.07) is 7.98. The second-order valence-corrected chi connectivity index (χ2v) is 6.62. The first-order chi connectivity index (χ1) is 9.73. The van der Waals surface area contributed by atoms with Crippen LogP contribution in [0.2, 0.25) is 0 Å². The first-order valence-electron chi connectivity index (χ1n) is 7.06. The van der Waals surface area contributed by atoms with Crippen molar-refractivity contribution in [2.75, 3.05) is 19.9 Å². The molecule has 1 aliphatic carbocycles. The maximum atomic E-state index is 9.10. The topological polar surface area (TPSA) is 45.0 Å². The number of hydrogen-bond donors (Lipinski definition) is 1. The molecule has 0 unspecified atom stereocenters. The standard InChI is InChI=1S/C16H22N2OS/c1-19-15-6-5-13(9-14(15)10-17)11-18-12-16(20-2)7-3-4-8-16/h5-6,9,18H,3-4,7-8,11-12H2,1-2H3. The van der Waals surface area contributed by atoms with Gasteiger partial charge in [0.05, 0.1) is 12.7 Å². The van der Waals surface area contributed by atoms with E-state index < -0.39 is 0 Å². The molecule has 1 aliphatic rings. The molecule has 0 aliphatic heterocycles. The molecule has 20 heavy (non-hydrogen) atoms. The lowest BCUT2D eigenvalue weighted by molar-refractivity contribution is 0.413. The zero-order valence-electron chi connectivity index (χ0n) is 12.2. The molecule has 0 saturated heterocycles. The maximum Gasteiger partial charge on any atom is 0.136 e. The zero-order valence-corrected chi connectivity index (χ0v) is 13.1. The SMILES string of the molecule is COc1ccc(CNCC2(SC)CCCC2)cc1C#N. The zero-order chi connectivity index (χ0) is 14.4. The van der Waals surface area contributed by atoms with E-state index in [-0.39, 0.29) is 0 Å². The Morgan fingerprint density at radius 1 is 1.40 bits per heavy atom. The van der Waals surface area contributed by atoms with Gasteiger partial charge in [0.15, 0.2) is 0 Å². The molecule has 0 amide bonds. The van der Waals surface area contributed by atoms with Crippen molar-refractivity contribution in [3.8, 4) is 11.8 Å². The van der Waals surface area contributed by atoms with Gasteiger partial charge in [0, 0.05) is 17.8 Å². The molecular weight excluding hydrogens is 268 g/mol. The van der Waals surface area contributed by atoms with Crippen molar-refractivity contribution >= 4 is 11.8 Å². The van der Waals surface area contributed by atoms with Crippen LogP contribution >= 0.6 is 11.8 Å². The number of thioether (sulfide) groups is 1. The van der Waals surface area contributed by atoms with Gasteiger partial charge >= 0.3 is 0 Å². The Morgan fingerprint density at radius 2 is 2.15 bits per heavy atom. The fraction of sp³-hybridized carbons (Fsp3) is 0.562. The Balaban J connectivity index is 1.93. The Labute approximate surface area is 125 Å². The minimum absolute atomic E-state index is 0.421. The van der Waals surface area contributed by atoms with Gasteiger partial charge in [0.25, 0.3) is 0 Å². The number of rotatable bonds is 6. The number of ether oxygens (including phenoxy) is 1. The summed E-state index contributed by atoms with van der Waals surface area (Å²) < 4.78 is 5.59. The summed E-state index contributed by atoms with van der Waals surface area (Å²) in [5, 5.41) is 12.7. The van der Waals surface area contributed by atoms with E-state index in [0.29, 0.717) is 16.1 Å². The summed E-state index contributed by atoms with van der Waals surface area (Å²) in [6.45, 7) is 1.85. The van der Waals surface area contributed by atoms with Crippen molar-refractivity contribution in [3.63, 3.8) is 0 Å². The number of nitriles is 1. The monoisotopic (exact) mass is 290 g/mol. The molecule has 0 heterocycles. The Morgan fingerprint density at radius 3 is 2.75 bits per heavy atom. The highest BCUT2D eigenvalue weighted by Gasteiger charge is 2.32. The third-order valence-electron chi connectivity index (χ3n) is 4.11. The summed E-state index contributed by atoms with van der Waals surface area (Å²) in [5.41, 5.74) is 1.74. The minimum atomic E-state index is 0.421. The number of benzene rings is 1. The minimum Gasteiger partial charge on any atom is -0.495 e. The lowest BCUT2D eigenvalue weighted by Gasteiger charge is -2.27. The van der Waals surface area contributed by atoms with Gasteiger partial charge in [-0.05, 0) is 36.8 Å². The average molecular weight is 290 g/mol. The van der Waals surface area contributed by atoms with Gasteiger partial charge in [-0.2, -0.15) is 17.0 Å². The molecule has 0 bridgehead atoms. The van der Waals surface area contributed by atoms with Crippen LogP contribution in [0.4, 0.5) is 0 Å². The second kappa shape index (κ2) is 7.01. The van der Waals surface area contributed by atoms with Gasteiger partial charge in [-0.25, -0.2) is 0 Å². The van der Waals surface area contributed by atoms with Crippen molar-refractivity contribution in [1.29, 1.82) is 5.26 Å². The molecule has 1 fully saturated rings. The first kappa shape index (κ1) is 15.2. The van der Waals surface area contributed by atoms with E-state index >= 15 is 0 Å². The molecule has 0 atom stereocenters. The molecule has 4 heteroatoms. The molecule has 3 nitrogen and oxygen atoms in total. The summed E-state index contributed by atoms with van der Waals surface area (Å²) in [6.07, 6.45) is 7.54. The molecular formula is C16H22N2OS. The van der Waals surface area contributed by atoms with Gasteiger partial charge in [-0.3, -0.25) is 0 Å².